The topological polar surface area (TPSA) is 63.6 Å². The summed E-state index contributed by atoms with van der Waals surface area (Å²) in [5.41, 5.74) is -0.0290. The minimum absolute atomic E-state index is 0.116. The number of aliphatic hydroxyl groups excluding tert-OH is 1. The van der Waals surface area contributed by atoms with Crippen molar-refractivity contribution < 1.29 is 19.4 Å². The van der Waals surface area contributed by atoms with E-state index >= 15 is 0 Å². The van der Waals surface area contributed by atoms with Crippen LogP contribution in [0.3, 0.4) is 0 Å². The molecule has 0 heterocycles. The summed E-state index contributed by atoms with van der Waals surface area (Å²) in [6, 6.07) is 0. The molecule has 0 saturated heterocycles. The number of hydrogen-bond acceptors (Lipinski definition) is 4. The van der Waals surface area contributed by atoms with E-state index in [0.717, 1.165) is 38.5 Å². The predicted molar refractivity (Wildman–Crippen MR) is 103 cm³/mol. The molecule has 0 spiro atoms. The van der Waals surface area contributed by atoms with E-state index in [4.69, 9.17) is 4.74 Å². The molecule has 4 aliphatic rings. The van der Waals surface area contributed by atoms with Crippen LogP contribution in [0.5, 0.6) is 0 Å². The van der Waals surface area contributed by atoms with Gasteiger partial charge in [-0.1, -0.05) is 13.8 Å². The molecule has 1 unspecified atom stereocenters. The summed E-state index contributed by atoms with van der Waals surface area (Å²) in [5.74, 6) is 1.64. The van der Waals surface area contributed by atoms with Gasteiger partial charge in [0.15, 0.2) is 5.78 Å². The molecule has 4 nitrogen and oxygen atoms in total. The molecule has 152 valence electrons. The van der Waals surface area contributed by atoms with Crippen LogP contribution in [-0.4, -0.2) is 29.6 Å². The molecule has 1 N–H and O–H groups in total. The first kappa shape index (κ1) is 19.4. The molecule has 4 rings (SSSR count). The Balaban J connectivity index is 1.57. The Morgan fingerprint density at radius 1 is 1.07 bits per heavy atom. The van der Waals surface area contributed by atoms with Gasteiger partial charge >= 0.3 is 5.97 Å². The van der Waals surface area contributed by atoms with Gasteiger partial charge in [-0.15, -0.1) is 0 Å². The molecule has 8 atom stereocenters. The molecule has 0 radical (unpaired) electrons. The number of esters is 1. The molecule has 4 heteroatoms. The fourth-order valence-electron chi connectivity index (χ4n) is 7.74. The van der Waals surface area contributed by atoms with Crippen molar-refractivity contribution in [1.82, 2.24) is 0 Å². The Labute approximate surface area is 163 Å². The van der Waals surface area contributed by atoms with Crippen molar-refractivity contribution >= 4 is 11.8 Å². The molecule has 27 heavy (non-hydrogen) atoms. The van der Waals surface area contributed by atoms with Crippen molar-refractivity contribution in [3.05, 3.63) is 0 Å². The van der Waals surface area contributed by atoms with Crippen molar-refractivity contribution in [3.8, 4) is 0 Å². The Morgan fingerprint density at radius 3 is 2.59 bits per heavy atom. The molecule has 4 aliphatic carbocycles. The number of ether oxygens (including phenoxy) is 1. The lowest BCUT2D eigenvalue weighted by molar-refractivity contribution is -0.171. The molecule has 0 aromatic rings. The first-order valence-electron chi connectivity index (χ1n) is 11.2. The van der Waals surface area contributed by atoms with E-state index in [-0.39, 0.29) is 23.3 Å². The fraction of sp³-hybridized carbons (Fsp3) is 0.913. The van der Waals surface area contributed by atoms with E-state index < -0.39 is 5.92 Å². The maximum Gasteiger partial charge on any atom is 0.316 e. The van der Waals surface area contributed by atoms with Crippen molar-refractivity contribution in [2.45, 2.75) is 84.7 Å². The highest BCUT2D eigenvalue weighted by Crippen LogP contribution is 2.65. The summed E-state index contributed by atoms with van der Waals surface area (Å²) in [5, 5.41) is 10.2. The highest BCUT2D eigenvalue weighted by molar-refractivity contribution is 6.02. The third-order valence-electron chi connectivity index (χ3n) is 9.24. The number of carbonyl (C=O) groups is 2. The average Bonchev–Trinajstić information content (AvgIpc) is 2.63. The van der Waals surface area contributed by atoms with Crippen molar-refractivity contribution in [1.29, 1.82) is 0 Å². The number of carbonyl (C=O) groups excluding carboxylic acids is 2. The molecule has 0 bridgehead atoms. The monoisotopic (exact) mass is 376 g/mol. The van der Waals surface area contributed by atoms with E-state index in [1.54, 1.807) is 6.92 Å². The molecule has 4 fully saturated rings. The Hall–Kier alpha value is -0.900. The van der Waals surface area contributed by atoms with Crippen LogP contribution in [0.25, 0.3) is 0 Å². The van der Waals surface area contributed by atoms with Crippen LogP contribution < -0.4 is 0 Å². The molecule has 0 amide bonds. The van der Waals surface area contributed by atoms with Crippen LogP contribution >= 0.6 is 0 Å². The number of fused-ring (bicyclic) bond motifs is 5. The van der Waals surface area contributed by atoms with Gasteiger partial charge in [0.05, 0.1) is 12.7 Å². The van der Waals surface area contributed by atoms with Gasteiger partial charge in [-0.3, -0.25) is 9.59 Å². The van der Waals surface area contributed by atoms with Gasteiger partial charge in [-0.25, -0.2) is 0 Å². The van der Waals surface area contributed by atoms with Gasteiger partial charge in [-0.05, 0) is 93.8 Å². The van der Waals surface area contributed by atoms with Crippen molar-refractivity contribution in [2.75, 3.05) is 6.61 Å². The lowest BCUT2D eigenvalue weighted by Gasteiger charge is -2.62. The molecular formula is C23H36O4. The zero-order valence-corrected chi connectivity index (χ0v) is 17.2. The molecular weight excluding hydrogens is 340 g/mol. The summed E-state index contributed by atoms with van der Waals surface area (Å²) < 4.78 is 5.20. The van der Waals surface area contributed by atoms with Crippen LogP contribution in [0.4, 0.5) is 0 Å². The molecule has 0 aromatic heterocycles. The van der Waals surface area contributed by atoms with Gasteiger partial charge in [0.25, 0.3) is 0 Å². The van der Waals surface area contributed by atoms with Gasteiger partial charge in [0.2, 0.25) is 0 Å². The van der Waals surface area contributed by atoms with Crippen molar-refractivity contribution in [3.63, 3.8) is 0 Å². The second kappa shape index (κ2) is 6.86. The molecule has 0 aliphatic heterocycles. The normalized spacial score (nSPS) is 49.6. The Bertz CT molecular complexity index is 615. The van der Waals surface area contributed by atoms with Gasteiger partial charge in [-0.2, -0.15) is 0 Å². The SMILES string of the molecule is CCOC(=O)C1CC[C@H]2[C@@H]3CC[C@H]4C[C@@H](O)CC[C@]4(C)[C@H]3CC[C@]2(C)C1=O. The van der Waals surface area contributed by atoms with Crippen LogP contribution in [0.1, 0.15) is 78.6 Å². The highest BCUT2D eigenvalue weighted by Gasteiger charge is 2.61. The average molecular weight is 377 g/mol. The van der Waals surface area contributed by atoms with E-state index in [9.17, 15) is 14.7 Å². The standard InChI is InChI=1S/C23H36O4/c1-4-27-21(26)17-7-8-18-16-6-5-14-13-15(24)9-11-22(14,2)19(16)10-12-23(18,3)20(17)25/h14-19,24H,4-13H2,1-3H3/t14-,15-,16-,17?,18-,19-,22-,23-/m0/s1. The molecule has 4 saturated carbocycles. The van der Waals surface area contributed by atoms with Crippen LogP contribution in [0, 0.1) is 40.4 Å². The maximum absolute atomic E-state index is 13.3. The molecule has 0 aromatic carbocycles. The van der Waals surface area contributed by atoms with Crippen LogP contribution in [-0.2, 0) is 14.3 Å². The van der Waals surface area contributed by atoms with E-state index in [0.29, 0.717) is 42.1 Å². The summed E-state index contributed by atoms with van der Waals surface area (Å²) in [6.45, 7) is 6.76. The number of Topliss-reactive ketones (excluding diaryl/α,β-unsaturated/α-hetero) is 1. The van der Waals surface area contributed by atoms with Gasteiger partial charge in [0, 0.05) is 5.41 Å². The van der Waals surface area contributed by atoms with E-state index in [2.05, 4.69) is 13.8 Å². The lowest BCUT2D eigenvalue weighted by atomic mass is 9.42. The first-order valence-corrected chi connectivity index (χ1v) is 11.2. The number of ketones is 1. The smallest absolute Gasteiger partial charge is 0.316 e. The third kappa shape index (κ3) is 2.89. The summed E-state index contributed by atoms with van der Waals surface area (Å²) in [4.78, 5) is 25.7. The Morgan fingerprint density at radius 2 is 1.85 bits per heavy atom. The lowest BCUT2D eigenvalue weighted by Crippen LogP contribution is -2.58. The number of rotatable bonds is 2. The second-order valence-corrected chi connectivity index (χ2v) is 10.3. The minimum Gasteiger partial charge on any atom is -0.465 e. The van der Waals surface area contributed by atoms with Crippen molar-refractivity contribution in [2.24, 2.45) is 40.4 Å². The minimum atomic E-state index is -0.542. The number of aliphatic hydroxyl groups is 1. The van der Waals surface area contributed by atoms with Crippen LogP contribution in [0.2, 0.25) is 0 Å². The third-order valence-corrected chi connectivity index (χ3v) is 9.24. The van der Waals surface area contributed by atoms with Gasteiger partial charge in [0.1, 0.15) is 5.92 Å². The highest BCUT2D eigenvalue weighted by atomic mass is 16.5. The fourth-order valence-corrected chi connectivity index (χ4v) is 7.74. The first-order chi connectivity index (χ1) is 12.8. The predicted octanol–water partition coefficient (Wildman–Crippen LogP) is 4.14. The summed E-state index contributed by atoms with van der Waals surface area (Å²) in [6.07, 6.45) is 8.95. The maximum atomic E-state index is 13.3. The van der Waals surface area contributed by atoms with E-state index in [1.165, 1.54) is 12.8 Å². The van der Waals surface area contributed by atoms with Crippen LogP contribution in [0.15, 0.2) is 0 Å². The number of hydrogen-bond donors (Lipinski definition) is 1. The quantitative estimate of drug-likeness (QED) is 0.581. The largest absolute Gasteiger partial charge is 0.465 e. The zero-order chi connectivity index (χ0) is 19.4. The second-order valence-electron chi connectivity index (χ2n) is 10.3. The summed E-state index contributed by atoms with van der Waals surface area (Å²) >= 11 is 0. The zero-order valence-electron chi connectivity index (χ0n) is 17.2. The Kier molecular flexibility index (Phi) is 4.93. The van der Waals surface area contributed by atoms with Gasteiger partial charge < -0.3 is 9.84 Å². The van der Waals surface area contributed by atoms with E-state index in [1.807, 2.05) is 0 Å². The summed E-state index contributed by atoms with van der Waals surface area (Å²) in [7, 11) is 0.